The topological polar surface area (TPSA) is 79.3 Å². The highest BCUT2D eigenvalue weighted by Crippen LogP contribution is 2.18. The molecule has 7 nitrogen and oxygen atoms in total. The molecule has 1 fully saturated rings. The number of hydrogen-bond donors (Lipinski definition) is 2. The fourth-order valence-corrected chi connectivity index (χ4v) is 3.15. The number of nitrogens with zero attached hydrogens (tertiary/aromatic N) is 3. The van der Waals surface area contributed by atoms with Crippen molar-refractivity contribution in [1.82, 2.24) is 25.1 Å². The number of carbonyl (C=O) groups excluding carboxylic acids is 2. The third-order valence-electron chi connectivity index (χ3n) is 4.39. The zero-order chi connectivity index (χ0) is 18.7. The number of carbonyl (C=O) groups is 2. The summed E-state index contributed by atoms with van der Waals surface area (Å²) in [6.07, 6.45) is 3.91. The normalized spacial score (nSPS) is 14.7. The van der Waals surface area contributed by atoms with Crippen LogP contribution in [0.1, 0.15) is 44.0 Å². The van der Waals surface area contributed by atoms with E-state index < -0.39 is 0 Å². The number of urea groups is 1. The van der Waals surface area contributed by atoms with Crippen molar-refractivity contribution in [2.75, 3.05) is 19.6 Å². The van der Waals surface area contributed by atoms with Gasteiger partial charge in [0.2, 0.25) is 0 Å². The Bertz CT molecular complexity index is 800. The van der Waals surface area contributed by atoms with Crippen LogP contribution in [0.2, 0.25) is 0 Å². The summed E-state index contributed by atoms with van der Waals surface area (Å²) in [6, 6.07) is 5.47. The summed E-state index contributed by atoms with van der Waals surface area (Å²) in [4.78, 5) is 30.6. The molecule has 2 N–H and O–H groups in total. The van der Waals surface area contributed by atoms with Crippen LogP contribution in [0.3, 0.4) is 0 Å². The molecule has 0 atom stereocenters. The fourth-order valence-electron chi connectivity index (χ4n) is 3.15. The van der Waals surface area contributed by atoms with Crippen LogP contribution < -0.4 is 10.6 Å². The lowest BCUT2D eigenvalue weighted by atomic mass is 10.1. The Kier molecular flexibility index (Phi) is 5.15. The average molecular weight is 357 g/mol. The summed E-state index contributed by atoms with van der Waals surface area (Å²) in [5.74, 6) is 0.0828. The van der Waals surface area contributed by atoms with Crippen molar-refractivity contribution in [3.8, 4) is 0 Å². The number of aromatic nitrogens is 2. The predicted octanol–water partition coefficient (Wildman–Crippen LogP) is 2.37. The Morgan fingerprint density at radius 2 is 1.92 bits per heavy atom. The van der Waals surface area contributed by atoms with E-state index in [2.05, 4.69) is 15.6 Å². The summed E-state index contributed by atoms with van der Waals surface area (Å²) in [7, 11) is 0. The lowest BCUT2D eigenvalue weighted by molar-refractivity contribution is 0.0793. The maximum atomic E-state index is 12.5. The van der Waals surface area contributed by atoms with Gasteiger partial charge in [-0.3, -0.25) is 4.79 Å². The van der Waals surface area contributed by atoms with E-state index in [1.54, 1.807) is 6.33 Å². The molecule has 1 aromatic heterocycles. The smallest absolute Gasteiger partial charge is 0.315 e. The van der Waals surface area contributed by atoms with E-state index in [-0.39, 0.29) is 17.5 Å². The number of nitrogens with one attached hydrogen (secondary N) is 2. The van der Waals surface area contributed by atoms with Gasteiger partial charge in [0.15, 0.2) is 0 Å². The van der Waals surface area contributed by atoms with E-state index in [4.69, 9.17) is 0 Å². The van der Waals surface area contributed by atoms with Crippen LogP contribution in [-0.4, -0.2) is 51.6 Å². The number of fused-ring (bicyclic) bond motifs is 1. The lowest BCUT2D eigenvalue weighted by Crippen LogP contribution is -2.47. The molecule has 2 heterocycles. The summed E-state index contributed by atoms with van der Waals surface area (Å²) < 4.78 is 1.98. The van der Waals surface area contributed by atoms with Crippen LogP contribution >= 0.6 is 0 Å². The van der Waals surface area contributed by atoms with Crippen LogP contribution in [0.15, 0.2) is 24.5 Å². The minimum atomic E-state index is -0.260. The molecular formula is C19H27N5O2. The van der Waals surface area contributed by atoms with Gasteiger partial charge in [-0.1, -0.05) is 0 Å². The second-order valence-electron chi connectivity index (χ2n) is 7.77. The van der Waals surface area contributed by atoms with Gasteiger partial charge in [-0.25, -0.2) is 9.78 Å². The first-order chi connectivity index (χ1) is 12.3. The second-order valence-corrected chi connectivity index (χ2v) is 7.77. The van der Waals surface area contributed by atoms with Crippen LogP contribution in [0.5, 0.6) is 0 Å². The number of likely N-dealkylation sites (tertiary alicyclic amines) is 1. The van der Waals surface area contributed by atoms with E-state index in [1.165, 1.54) is 0 Å². The zero-order valence-corrected chi connectivity index (χ0v) is 15.7. The molecule has 2 aromatic rings. The molecule has 1 saturated heterocycles. The number of benzene rings is 1. The quantitative estimate of drug-likeness (QED) is 0.882. The van der Waals surface area contributed by atoms with Crippen LogP contribution in [0.4, 0.5) is 4.79 Å². The van der Waals surface area contributed by atoms with E-state index >= 15 is 0 Å². The Hall–Kier alpha value is -2.57. The molecule has 140 valence electrons. The Labute approximate surface area is 153 Å². The molecule has 3 rings (SSSR count). The monoisotopic (exact) mass is 357 g/mol. The van der Waals surface area contributed by atoms with E-state index in [0.29, 0.717) is 18.7 Å². The first-order valence-electron chi connectivity index (χ1n) is 9.14. The van der Waals surface area contributed by atoms with Crippen molar-refractivity contribution < 1.29 is 9.59 Å². The maximum Gasteiger partial charge on any atom is 0.315 e. The second kappa shape index (κ2) is 7.35. The van der Waals surface area contributed by atoms with Crippen molar-refractivity contribution in [2.45, 2.75) is 45.7 Å². The third-order valence-corrected chi connectivity index (χ3v) is 4.39. The summed E-state index contributed by atoms with van der Waals surface area (Å²) in [5.41, 5.74) is 2.19. The SMILES string of the molecule is CC(C)(C)NC(=O)NCCn1cnc2cc(C(=O)N3CCCC3)ccc21. The third kappa shape index (κ3) is 4.33. The zero-order valence-electron chi connectivity index (χ0n) is 15.7. The van der Waals surface area contributed by atoms with Gasteiger partial charge in [-0.15, -0.1) is 0 Å². The molecular weight excluding hydrogens is 330 g/mol. The van der Waals surface area contributed by atoms with Crippen molar-refractivity contribution in [3.63, 3.8) is 0 Å². The minimum Gasteiger partial charge on any atom is -0.339 e. The van der Waals surface area contributed by atoms with Gasteiger partial charge in [0, 0.05) is 37.3 Å². The lowest BCUT2D eigenvalue weighted by Gasteiger charge is -2.20. The number of hydrogen-bond acceptors (Lipinski definition) is 3. The van der Waals surface area contributed by atoms with Gasteiger partial charge in [-0.05, 0) is 51.8 Å². The molecule has 1 aromatic carbocycles. The highest BCUT2D eigenvalue weighted by atomic mass is 16.2. The molecule has 3 amide bonds. The summed E-state index contributed by atoms with van der Waals surface area (Å²) in [5, 5.41) is 5.72. The van der Waals surface area contributed by atoms with Crippen LogP contribution in [-0.2, 0) is 6.54 Å². The summed E-state index contributed by atoms with van der Waals surface area (Å²) >= 11 is 0. The predicted molar refractivity (Wildman–Crippen MR) is 101 cm³/mol. The molecule has 0 radical (unpaired) electrons. The van der Waals surface area contributed by atoms with Gasteiger partial charge in [0.05, 0.1) is 17.4 Å². The van der Waals surface area contributed by atoms with E-state index in [0.717, 1.165) is 37.0 Å². The fraction of sp³-hybridized carbons (Fsp3) is 0.526. The Balaban J connectivity index is 1.62. The number of imidazole rings is 1. The minimum absolute atomic E-state index is 0.0828. The highest BCUT2D eigenvalue weighted by Gasteiger charge is 2.20. The first kappa shape index (κ1) is 18.2. The van der Waals surface area contributed by atoms with Crippen LogP contribution in [0.25, 0.3) is 11.0 Å². The van der Waals surface area contributed by atoms with E-state index in [9.17, 15) is 9.59 Å². The number of amides is 3. The van der Waals surface area contributed by atoms with Gasteiger partial charge in [-0.2, -0.15) is 0 Å². The van der Waals surface area contributed by atoms with E-state index in [1.807, 2.05) is 48.4 Å². The average Bonchev–Trinajstić information content (AvgIpc) is 3.22. The number of rotatable bonds is 4. The standard InChI is InChI=1S/C19H27N5O2/c1-19(2,3)22-18(26)20-8-11-24-13-21-15-12-14(6-7-16(15)24)17(25)23-9-4-5-10-23/h6-7,12-13H,4-5,8-11H2,1-3H3,(H2,20,22,26). The van der Waals surface area contributed by atoms with Crippen LogP contribution in [0, 0.1) is 0 Å². The molecule has 26 heavy (non-hydrogen) atoms. The highest BCUT2D eigenvalue weighted by molar-refractivity contribution is 5.97. The van der Waals surface area contributed by atoms with Crippen molar-refractivity contribution >= 4 is 23.0 Å². The van der Waals surface area contributed by atoms with Gasteiger partial charge in [0.1, 0.15) is 0 Å². The molecule has 0 spiro atoms. The molecule has 0 saturated carbocycles. The molecule has 7 heteroatoms. The molecule has 0 bridgehead atoms. The molecule has 0 unspecified atom stereocenters. The van der Waals surface area contributed by atoms with Crippen molar-refractivity contribution in [1.29, 1.82) is 0 Å². The molecule has 1 aliphatic heterocycles. The Morgan fingerprint density at radius 1 is 1.19 bits per heavy atom. The molecule has 0 aliphatic carbocycles. The van der Waals surface area contributed by atoms with Crippen molar-refractivity contribution in [2.24, 2.45) is 0 Å². The van der Waals surface area contributed by atoms with Crippen molar-refractivity contribution in [3.05, 3.63) is 30.1 Å². The van der Waals surface area contributed by atoms with Gasteiger partial charge in [0.25, 0.3) is 5.91 Å². The Morgan fingerprint density at radius 3 is 2.62 bits per heavy atom. The van der Waals surface area contributed by atoms with Gasteiger partial charge >= 0.3 is 6.03 Å². The summed E-state index contributed by atoms with van der Waals surface area (Å²) in [6.45, 7) is 8.63. The maximum absolute atomic E-state index is 12.5. The van der Waals surface area contributed by atoms with Gasteiger partial charge < -0.3 is 20.1 Å². The first-order valence-corrected chi connectivity index (χ1v) is 9.14. The largest absolute Gasteiger partial charge is 0.339 e. The molecule has 1 aliphatic rings.